The smallest absolute Gasteiger partial charge is 0.274 e. The van der Waals surface area contributed by atoms with Crippen LogP contribution in [0.3, 0.4) is 0 Å². The Morgan fingerprint density at radius 3 is 2.94 bits per heavy atom. The maximum absolute atomic E-state index is 10.7. The minimum atomic E-state index is -0.376. The van der Waals surface area contributed by atoms with Crippen molar-refractivity contribution in [3.8, 4) is 0 Å². The van der Waals surface area contributed by atoms with Crippen LogP contribution in [-0.2, 0) is 6.54 Å². The van der Waals surface area contributed by atoms with Gasteiger partial charge in [-0.05, 0) is 0 Å². The van der Waals surface area contributed by atoms with Crippen LogP contribution in [0.2, 0.25) is 0 Å². The van der Waals surface area contributed by atoms with E-state index in [1.807, 2.05) is 5.38 Å². The summed E-state index contributed by atoms with van der Waals surface area (Å²) in [4.78, 5) is 14.4. The van der Waals surface area contributed by atoms with Crippen LogP contribution in [0.15, 0.2) is 35.8 Å². The van der Waals surface area contributed by atoms with Crippen molar-refractivity contribution in [2.75, 3.05) is 5.32 Å². The Labute approximate surface area is 95.9 Å². The highest BCUT2D eigenvalue weighted by atomic mass is 32.1. The third kappa shape index (κ3) is 2.34. The lowest BCUT2D eigenvalue weighted by molar-refractivity contribution is -0.385. The molecule has 16 heavy (non-hydrogen) atoms. The van der Waals surface area contributed by atoms with Gasteiger partial charge in [0.2, 0.25) is 0 Å². The summed E-state index contributed by atoms with van der Waals surface area (Å²) >= 11 is 1.46. The van der Waals surface area contributed by atoms with Crippen molar-refractivity contribution in [1.29, 1.82) is 0 Å². The van der Waals surface area contributed by atoms with Crippen molar-refractivity contribution in [2.24, 2.45) is 0 Å². The van der Waals surface area contributed by atoms with Crippen LogP contribution in [0.4, 0.5) is 10.8 Å². The molecule has 0 amide bonds. The Balaban J connectivity index is 2.12. The molecule has 0 fully saturated rings. The number of nitro benzene ring substituents is 1. The van der Waals surface area contributed by atoms with Crippen molar-refractivity contribution in [3.05, 3.63) is 51.5 Å². The number of hydrogen-bond donors (Lipinski definition) is 1. The number of hydrogen-bond acceptors (Lipinski definition) is 5. The summed E-state index contributed by atoms with van der Waals surface area (Å²) in [6.45, 7) is 0.407. The van der Waals surface area contributed by atoms with E-state index in [1.54, 1.807) is 24.4 Å². The van der Waals surface area contributed by atoms with Gasteiger partial charge < -0.3 is 5.32 Å². The van der Waals surface area contributed by atoms with Crippen molar-refractivity contribution >= 4 is 22.2 Å². The second-order valence-corrected chi connectivity index (χ2v) is 3.97. The molecule has 2 aromatic rings. The average molecular weight is 235 g/mol. The van der Waals surface area contributed by atoms with Gasteiger partial charge in [-0.2, -0.15) is 0 Å². The number of aromatic nitrogens is 1. The second kappa shape index (κ2) is 4.71. The minimum Gasteiger partial charge on any atom is -0.357 e. The molecule has 0 saturated carbocycles. The monoisotopic (exact) mass is 235 g/mol. The zero-order chi connectivity index (χ0) is 11.4. The summed E-state index contributed by atoms with van der Waals surface area (Å²) in [6, 6.07) is 6.68. The molecule has 5 nitrogen and oxygen atoms in total. The molecule has 1 aromatic heterocycles. The van der Waals surface area contributed by atoms with E-state index < -0.39 is 0 Å². The van der Waals surface area contributed by atoms with Gasteiger partial charge in [0, 0.05) is 29.8 Å². The molecular weight excluding hydrogens is 226 g/mol. The summed E-state index contributed by atoms with van der Waals surface area (Å²) in [5.74, 6) is 0. The molecule has 0 atom stereocenters. The molecule has 0 aliphatic rings. The first-order chi connectivity index (χ1) is 7.77. The van der Waals surface area contributed by atoms with Gasteiger partial charge in [-0.15, -0.1) is 11.3 Å². The van der Waals surface area contributed by atoms with Gasteiger partial charge in [0.05, 0.1) is 4.92 Å². The van der Waals surface area contributed by atoms with E-state index >= 15 is 0 Å². The number of nitrogens with one attached hydrogen (secondary N) is 1. The molecule has 0 saturated heterocycles. The van der Waals surface area contributed by atoms with E-state index in [9.17, 15) is 10.1 Å². The predicted octanol–water partition coefficient (Wildman–Crippen LogP) is 2.66. The Kier molecular flexibility index (Phi) is 3.11. The van der Waals surface area contributed by atoms with Crippen LogP contribution in [0.5, 0.6) is 0 Å². The van der Waals surface area contributed by atoms with E-state index in [2.05, 4.69) is 10.3 Å². The average Bonchev–Trinajstić information content (AvgIpc) is 2.79. The van der Waals surface area contributed by atoms with Crippen molar-refractivity contribution in [3.63, 3.8) is 0 Å². The third-order valence-corrected chi connectivity index (χ3v) is 2.78. The maximum atomic E-state index is 10.7. The zero-order valence-electron chi connectivity index (χ0n) is 8.29. The van der Waals surface area contributed by atoms with Gasteiger partial charge in [0.1, 0.15) is 0 Å². The third-order valence-electron chi connectivity index (χ3n) is 2.05. The van der Waals surface area contributed by atoms with Gasteiger partial charge in [-0.1, -0.05) is 18.2 Å². The van der Waals surface area contributed by atoms with E-state index in [-0.39, 0.29) is 10.6 Å². The summed E-state index contributed by atoms with van der Waals surface area (Å²) in [5.41, 5.74) is 0.786. The first kappa shape index (κ1) is 10.6. The maximum Gasteiger partial charge on any atom is 0.274 e. The lowest BCUT2D eigenvalue weighted by Crippen LogP contribution is -2.02. The normalized spacial score (nSPS) is 10.0. The number of para-hydroxylation sites is 1. The summed E-state index contributed by atoms with van der Waals surface area (Å²) < 4.78 is 0. The first-order valence-corrected chi connectivity index (χ1v) is 5.51. The van der Waals surface area contributed by atoms with E-state index in [4.69, 9.17) is 0 Å². The van der Waals surface area contributed by atoms with Crippen molar-refractivity contribution in [2.45, 2.75) is 6.54 Å². The van der Waals surface area contributed by atoms with Crippen LogP contribution < -0.4 is 5.32 Å². The van der Waals surface area contributed by atoms with Gasteiger partial charge in [0.25, 0.3) is 5.69 Å². The molecule has 6 heteroatoms. The van der Waals surface area contributed by atoms with Gasteiger partial charge >= 0.3 is 0 Å². The SMILES string of the molecule is O=[N+]([O-])c1ccccc1CNc1nccs1. The molecule has 0 radical (unpaired) electrons. The van der Waals surface area contributed by atoms with Gasteiger partial charge in [-0.3, -0.25) is 10.1 Å². The highest BCUT2D eigenvalue weighted by Gasteiger charge is 2.11. The minimum absolute atomic E-state index is 0.131. The number of nitro groups is 1. The Morgan fingerprint density at radius 2 is 2.25 bits per heavy atom. The molecule has 0 bridgehead atoms. The number of rotatable bonds is 4. The van der Waals surface area contributed by atoms with E-state index in [0.29, 0.717) is 12.1 Å². The van der Waals surface area contributed by atoms with Gasteiger partial charge in [0.15, 0.2) is 5.13 Å². The quantitative estimate of drug-likeness (QED) is 0.653. The fourth-order valence-corrected chi connectivity index (χ4v) is 1.85. The summed E-state index contributed by atoms with van der Waals surface area (Å²) in [7, 11) is 0. The largest absolute Gasteiger partial charge is 0.357 e. The van der Waals surface area contributed by atoms with E-state index in [0.717, 1.165) is 5.13 Å². The molecule has 0 aliphatic heterocycles. The molecule has 0 spiro atoms. The van der Waals surface area contributed by atoms with Crippen molar-refractivity contribution < 1.29 is 4.92 Å². The predicted molar refractivity (Wildman–Crippen MR) is 62.5 cm³/mol. The molecule has 82 valence electrons. The fourth-order valence-electron chi connectivity index (χ4n) is 1.32. The van der Waals surface area contributed by atoms with Crippen LogP contribution in [-0.4, -0.2) is 9.91 Å². The van der Waals surface area contributed by atoms with Crippen LogP contribution >= 0.6 is 11.3 Å². The van der Waals surface area contributed by atoms with Gasteiger partial charge in [-0.25, -0.2) is 4.98 Å². The van der Waals surface area contributed by atoms with Crippen LogP contribution in [0.1, 0.15) is 5.56 Å². The lowest BCUT2D eigenvalue weighted by Gasteiger charge is -2.03. The number of benzene rings is 1. The Bertz CT molecular complexity index is 485. The Hall–Kier alpha value is -1.95. The highest BCUT2D eigenvalue weighted by Crippen LogP contribution is 2.19. The fraction of sp³-hybridized carbons (Fsp3) is 0.100. The number of thiazole rings is 1. The van der Waals surface area contributed by atoms with Crippen LogP contribution in [0.25, 0.3) is 0 Å². The first-order valence-electron chi connectivity index (χ1n) is 4.63. The molecule has 0 unspecified atom stereocenters. The Morgan fingerprint density at radius 1 is 1.44 bits per heavy atom. The molecular formula is C10H9N3O2S. The topological polar surface area (TPSA) is 68.1 Å². The molecule has 0 aliphatic carbocycles. The lowest BCUT2D eigenvalue weighted by atomic mass is 10.2. The zero-order valence-corrected chi connectivity index (χ0v) is 9.11. The van der Waals surface area contributed by atoms with Crippen LogP contribution in [0, 0.1) is 10.1 Å². The molecule has 1 aromatic carbocycles. The number of anilines is 1. The summed E-state index contributed by atoms with van der Waals surface area (Å²) in [5, 5.41) is 16.4. The second-order valence-electron chi connectivity index (χ2n) is 3.08. The standard InChI is InChI=1S/C10H9N3O2S/c14-13(15)9-4-2-1-3-8(9)7-12-10-11-5-6-16-10/h1-6H,7H2,(H,11,12). The van der Waals surface area contributed by atoms with E-state index in [1.165, 1.54) is 17.4 Å². The number of nitrogens with zero attached hydrogens (tertiary/aromatic N) is 2. The molecule has 1 N–H and O–H groups in total. The highest BCUT2D eigenvalue weighted by molar-refractivity contribution is 7.13. The summed E-state index contributed by atoms with van der Waals surface area (Å²) in [6.07, 6.45) is 1.69. The molecule has 1 heterocycles. The van der Waals surface area contributed by atoms with Crippen molar-refractivity contribution in [1.82, 2.24) is 4.98 Å². The molecule has 2 rings (SSSR count).